The van der Waals surface area contributed by atoms with Gasteiger partial charge in [-0.05, 0) is 79.9 Å². The van der Waals surface area contributed by atoms with Gasteiger partial charge in [0.25, 0.3) is 0 Å². The molecule has 0 saturated heterocycles. The summed E-state index contributed by atoms with van der Waals surface area (Å²) in [6.45, 7) is 11.1. The molecule has 0 bridgehead atoms. The molecule has 1 N–H and O–H groups in total. The van der Waals surface area contributed by atoms with E-state index in [1.807, 2.05) is 6.07 Å². The maximum Gasteiger partial charge on any atom is 0.341 e. The second-order valence-electron chi connectivity index (χ2n) is 11.3. The van der Waals surface area contributed by atoms with E-state index in [2.05, 4.69) is 39.1 Å². The average Bonchev–Trinajstić information content (AvgIpc) is 3.20. The summed E-state index contributed by atoms with van der Waals surface area (Å²) in [5.74, 6) is 1.16. The van der Waals surface area contributed by atoms with Crippen LogP contribution in [0.25, 0.3) is 0 Å². The number of hydrogen-bond donors (Lipinski definition) is 1. The topological polar surface area (TPSA) is 92.1 Å². The Morgan fingerprint density at radius 3 is 2.76 bits per heavy atom. The van der Waals surface area contributed by atoms with Crippen LogP contribution in [-0.2, 0) is 35.2 Å². The smallest absolute Gasteiger partial charge is 0.341 e. The van der Waals surface area contributed by atoms with Crippen LogP contribution >= 0.6 is 23.1 Å². The van der Waals surface area contributed by atoms with Crippen LogP contribution in [-0.4, -0.2) is 29.2 Å². The lowest BCUT2D eigenvalue weighted by Crippen LogP contribution is -2.26. The number of hydrogen-bond acceptors (Lipinski definition) is 7. The summed E-state index contributed by atoms with van der Waals surface area (Å²) in [7, 11) is 0. The van der Waals surface area contributed by atoms with E-state index in [4.69, 9.17) is 9.72 Å². The Hall–Kier alpha value is -2.37. The van der Waals surface area contributed by atoms with Gasteiger partial charge in [0.2, 0.25) is 5.91 Å². The zero-order valence-electron chi connectivity index (χ0n) is 22.5. The van der Waals surface area contributed by atoms with Crippen molar-refractivity contribution in [2.24, 2.45) is 17.3 Å². The molecule has 1 amide bonds. The van der Waals surface area contributed by atoms with Gasteiger partial charge in [0, 0.05) is 22.7 Å². The average molecular weight is 540 g/mol. The minimum atomic E-state index is -0.356. The lowest BCUT2D eigenvalue weighted by atomic mass is 9.72. The number of ether oxygens (including phenoxy) is 1. The molecule has 198 valence electrons. The Morgan fingerprint density at radius 2 is 2.05 bits per heavy atom. The fraction of sp³-hybridized carbons (Fsp3) is 0.586. The van der Waals surface area contributed by atoms with Gasteiger partial charge in [-0.15, -0.1) is 23.1 Å². The molecule has 2 heterocycles. The van der Waals surface area contributed by atoms with Gasteiger partial charge in [0.05, 0.1) is 17.7 Å². The molecule has 2 unspecified atom stereocenters. The Morgan fingerprint density at radius 1 is 1.27 bits per heavy atom. The van der Waals surface area contributed by atoms with Gasteiger partial charge < -0.3 is 10.1 Å². The number of fused-ring (bicyclic) bond motifs is 2. The number of carbonyl (C=O) groups is 2. The molecule has 4 rings (SSSR count). The van der Waals surface area contributed by atoms with Crippen molar-refractivity contribution in [1.29, 1.82) is 5.26 Å². The van der Waals surface area contributed by atoms with Crippen molar-refractivity contribution in [2.45, 2.75) is 84.6 Å². The number of nitrogens with zero attached hydrogens (tertiary/aromatic N) is 2. The molecule has 2 aromatic heterocycles. The maximum atomic E-state index is 12.9. The molecule has 0 aliphatic heterocycles. The Kier molecular flexibility index (Phi) is 8.65. The Labute approximate surface area is 228 Å². The van der Waals surface area contributed by atoms with Crippen LogP contribution in [0.1, 0.15) is 91.5 Å². The van der Waals surface area contributed by atoms with Crippen LogP contribution in [0, 0.1) is 28.6 Å². The number of pyridine rings is 1. The van der Waals surface area contributed by atoms with Gasteiger partial charge in [-0.1, -0.05) is 27.7 Å². The number of aromatic nitrogens is 1. The molecule has 0 fully saturated rings. The summed E-state index contributed by atoms with van der Waals surface area (Å²) < 4.78 is 5.36. The van der Waals surface area contributed by atoms with E-state index in [1.165, 1.54) is 33.5 Å². The monoisotopic (exact) mass is 539 g/mol. The Balaban J connectivity index is 1.44. The molecule has 2 aromatic rings. The minimum absolute atomic E-state index is 0.144. The zero-order valence-corrected chi connectivity index (χ0v) is 24.2. The summed E-state index contributed by atoms with van der Waals surface area (Å²) in [4.78, 5) is 31.8. The van der Waals surface area contributed by atoms with E-state index in [0.717, 1.165) is 49.8 Å². The molecule has 0 aromatic carbocycles. The van der Waals surface area contributed by atoms with Crippen LogP contribution in [0.15, 0.2) is 11.1 Å². The molecule has 37 heavy (non-hydrogen) atoms. The number of esters is 1. The fourth-order valence-electron chi connectivity index (χ4n) is 5.28. The van der Waals surface area contributed by atoms with Gasteiger partial charge in [-0.2, -0.15) is 5.26 Å². The first-order valence-corrected chi connectivity index (χ1v) is 15.1. The summed E-state index contributed by atoms with van der Waals surface area (Å²) in [5, 5.41) is 14.0. The van der Waals surface area contributed by atoms with Crippen molar-refractivity contribution in [3.63, 3.8) is 0 Å². The van der Waals surface area contributed by atoms with Gasteiger partial charge in [0.15, 0.2) is 0 Å². The number of amides is 1. The molecule has 8 heteroatoms. The highest BCUT2D eigenvalue weighted by Crippen LogP contribution is 2.44. The third kappa shape index (κ3) is 6.38. The molecule has 2 atom stereocenters. The van der Waals surface area contributed by atoms with Crippen LogP contribution in [0.4, 0.5) is 5.00 Å². The molecule has 6 nitrogen and oxygen atoms in total. The summed E-state index contributed by atoms with van der Waals surface area (Å²) in [6, 6.07) is 4.26. The van der Waals surface area contributed by atoms with E-state index in [-0.39, 0.29) is 23.7 Å². The van der Waals surface area contributed by atoms with Crippen molar-refractivity contribution in [2.75, 3.05) is 17.7 Å². The van der Waals surface area contributed by atoms with Gasteiger partial charge >= 0.3 is 5.97 Å². The van der Waals surface area contributed by atoms with Crippen molar-refractivity contribution in [3.8, 4) is 6.07 Å². The quantitative estimate of drug-likeness (QED) is 0.315. The number of thioether (sulfide) groups is 1. The second kappa shape index (κ2) is 11.6. The summed E-state index contributed by atoms with van der Waals surface area (Å²) in [6.07, 6.45) is 6.05. The molecular formula is C29H37N3O3S2. The van der Waals surface area contributed by atoms with Gasteiger partial charge in [0.1, 0.15) is 16.1 Å². The largest absolute Gasteiger partial charge is 0.462 e. The number of nitriles is 1. The van der Waals surface area contributed by atoms with Crippen molar-refractivity contribution < 1.29 is 14.3 Å². The predicted octanol–water partition coefficient (Wildman–Crippen LogP) is 6.59. The molecular weight excluding hydrogens is 502 g/mol. The summed E-state index contributed by atoms with van der Waals surface area (Å²) >= 11 is 2.97. The van der Waals surface area contributed by atoms with E-state index >= 15 is 0 Å². The molecule has 0 spiro atoms. The number of nitrogens with one attached hydrogen (secondary N) is 1. The van der Waals surface area contributed by atoms with E-state index < -0.39 is 0 Å². The van der Waals surface area contributed by atoms with Crippen molar-refractivity contribution in [1.82, 2.24) is 4.98 Å². The highest BCUT2D eigenvalue weighted by Gasteiger charge is 2.34. The lowest BCUT2D eigenvalue weighted by molar-refractivity contribution is -0.115. The van der Waals surface area contributed by atoms with Crippen LogP contribution < -0.4 is 5.32 Å². The van der Waals surface area contributed by atoms with Crippen molar-refractivity contribution in [3.05, 3.63) is 38.9 Å². The van der Waals surface area contributed by atoms with Crippen LogP contribution in [0.2, 0.25) is 0 Å². The van der Waals surface area contributed by atoms with E-state index in [0.29, 0.717) is 45.3 Å². The van der Waals surface area contributed by atoms with Crippen LogP contribution in [0.5, 0.6) is 0 Å². The van der Waals surface area contributed by atoms with E-state index in [9.17, 15) is 14.9 Å². The predicted molar refractivity (Wildman–Crippen MR) is 149 cm³/mol. The highest BCUT2D eigenvalue weighted by atomic mass is 32.2. The van der Waals surface area contributed by atoms with Gasteiger partial charge in [-0.3, -0.25) is 4.79 Å². The van der Waals surface area contributed by atoms with E-state index in [1.54, 1.807) is 6.92 Å². The normalized spacial score (nSPS) is 18.9. The molecule has 0 radical (unpaired) electrons. The zero-order chi connectivity index (χ0) is 26.7. The molecule has 2 aliphatic rings. The fourth-order valence-corrected chi connectivity index (χ4v) is 7.53. The SMILES string of the molecule is CCOC(=O)c1c(NC(=O)CCSc2nc3c(cc2C#N)CC(C)CC3)sc2c1CCC(C(C)(C)C)C2. The Bertz CT molecular complexity index is 1220. The second-order valence-corrected chi connectivity index (χ2v) is 13.5. The molecule has 2 aliphatic carbocycles. The number of carbonyl (C=O) groups excluding carboxylic acids is 2. The number of thiophene rings is 1. The van der Waals surface area contributed by atoms with Crippen molar-refractivity contribution >= 4 is 40.0 Å². The first-order valence-electron chi connectivity index (χ1n) is 13.3. The standard InChI is InChI=1S/C29H37N3O3S2/c1-6-35-28(34)25-21-9-8-20(29(3,4)5)15-23(21)37-27(25)32-24(33)11-12-36-26-19(16-30)14-18-13-17(2)7-10-22(18)31-26/h14,17,20H,6-13,15H2,1-5H3,(H,32,33). The van der Waals surface area contributed by atoms with Crippen LogP contribution in [0.3, 0.4) is 0 Å². The first-order chi connectivity index (χ1) is 17.6. The third-order valence-corrected chi connectivity index (χ3v) is 9.67. The number of anilines is 1. The highest BCUT2D eigenvalue weighted by molar-refractivity contribution is 7.99. The third-order valence-electron chi connectivity index (χ3n) is 7.51. The molecule has 0 saturated carbocycles. The number of aryl methyl sites for hydroxylation is 1. The maximum absolute atomic E-state index is 12.9. The summed E-state index contributed by atoms with van der Waals surface area (Å²) in [5.41, 5.74) is 4.62. The first kappa shape index (κ1) is 27.7. The lowest BCUT2D eigenvalue weighted by Gasteiger charge is -2.33. The van der Waals surface area contributed by atoms with Gasteiger partial charge in [-0.25, -0.2) is 9.78 Å². The minimum Gasteiger partial charge on any atom is -0.462 e. The number of rotatable bonds is 7.